The summed E-state index contributed by atoms with van der Waals surface area (Å²) in [5, 5.41) is 18.8. The number of hydrogen-bond donors (Lipinski definition) is 1. The Morgan fingerprint density at radius 1 is 1.11 bits per heavy atom. The van der Waals surface area contributed by atoms with Gasteiger partial charge in [-0.15, -0.1) is 11.3 Å². The number of hydrogen-bond acceptors (Lipinski definition) is 9. The third-order valence-corrected chi connectivity index (χ3v) is 6.72. The van der Waals surface area contributed by atoms with Crippen LogP contribution in [0.2, 0.25) is 5.02 Å². The fraction of sp³-hybridized carbons (Fsp3) is 0. The number of nitrogens with zero attached hydrogens (tertiary/aromatic N) is 5. The highest BCUT2D eigenvalue weighted by Crippen LogP contribution is 2.28. The van der Waals surface area contributed by atoms with E-state index in [1.165, 1.54) is 23.5 Å². The van der Waals surface area contributed by atoms with Crippen LogP contribution < -0.4 is 11.1 Å². The van der Waals surface area contributed by atoms with Gasteiger partial charge in [0.25, 0.3) is 5.69 Å². The molecular formula is C26H15ClN6O4S. The molecule has 0 saturated heterocycles. The van der Waals surface area contributed by atoms with Gasteiger partial charge in [-0.2, -0.15) is 5.10 Å². The quantitative estimate of drug-likeness (QED) is 0.114. The Hall–Kier alpha value is -4.87. The monoisotopic (exact) mass is 542 g/mol. The Morgan fingerprint density at radius 2 is 1.95 bits per heavy atom. The minimum Gasteiger partial charge on any atom is -0.422 e. The average molecular weight is 543 g/mol. The van der Waals surface area contributed by atoms with E-state index in [-0.39, 0.29) is 5.69 Å². The molecule has 4 aromatic heterocycles. The highest BCUT2D eigenvalue weighted by Gasteiger charge is 2.15. The summed E-state index contributed by atoms with van der Waals surface area (Å²) in [6.07, 6.45) is 3.45. The maximum Gasteiger partial charge on any atom is 0.345 e. The smallest absolute Gasteiger partial charge is 0.345 e. The molecule has 0 aliphatic carbocycles. The molecule has 0 spiro atoms. The van der Waals surface area contributed by atoms with E-state index in [0.717, 1.165) is 0 Å². The van der Waals surface area contributed by atoms with Crippen LogP contribution in [0.3, 0.4) is 0 Å². The molecule has 0 bridgehead atoms. The first-order valence-electron chi connectivity index (χ1n) is 11.2. The molecule has 0 amide bonds. The third-order valence-electron chi connectivity index (χ3n) is 5.74. The van der Waals surface area contributed by atoms with Crippen LogP contribution in [-0.2, 0) is 0 Å². The fourth-order valence-corrected chi connectivity index (χ4v) is 4.80. The van der Waals surface area contributed by atoms with Gasteiger partial charge in [0, 0.05) is 39.7 Å². The van der Waals surface area contributed by atoms with Gasteiger partial charge in [0.05, 0.1) is 33.8 Å². The number of nitro benzene ring substituents is 1. The van der Waals surface area contributed by atoms with Gasteiger partial charge in [0.1, 0.15) is 11.2 Å². The number of pyridine rings is 1. The van der Waals surface area contributed by atoms with Crippen molar-refractivity contribution in [2.45, 2.75) is 0 Å². The summed E-state index contributed by atoms with van der Waals surface area (Å²) in [7, 11) is 0. The second-order valence-electron chi connectivity index (χ2n) is 8.12. The molecule has 4 heterocycles. The number of non-ortho nitro benzene ring substituents is 1. The minimum atomic E-state index is -0.501. The number of nitro groups is 1. The number of benzene rings is 2. The maximum atomic E-state index is 12.5. The molecule has 0 fully saturated rings. The summed E-state index contributed by atoms with van der Waals surface area (Å²) in [6, 6.07) is 18.5. The minimum absolute atomic E-state index is 0.00230. The van der Waals surface area contributed by atoms with Gasteiger partial charge >= 0.3 is 5.63 Å². The first-order chi connectivity index (χ1) is 18.5. The van der Waals surface area contributed by atoms with Gasteiger partial charge in [-0.3, -0.25) is 19.9 Å². The summed E-state index contributed by atoms with van der Waals surface area (Å²) in [6.45, 7) is 0. The topological polar surface area (TPSA) is 128 Å². The van der Waals surface area contributed by atoms with E-state index in [0.29, 0.717) is 55.0 Å². The fourth-order valence-electron chi connectivity index (χ4n) is 3.96. The van der Waals surface area contributed by atoms with Gasteiger partial charge in [0.15, 0.2) is 0 Å². The number of thiazole rings is 1. The lowest BCUT2D eigenvalue weighted by molar-refractivity contribution is -0.384. The number of anilines is 1. The molecule has 1 N–H and O–H groups in total. The van der Waals surface area contributed by atoms with Crippen molar-refractivity contribution in [2.24, 2.45) is 5.10 Å². The van der Waals surface area contributed by atoms with Crippen LogP contribution in [0.1, 0.15) is 5.69 Å². The third kappa shape index (κ3) is 4.40. The number of hydrazone groups is 1. The van der Waals surface area contributed by atoms with Gasteiger partial charge in [0.2, 0.25) is 5.13 Å². The van der Waals surface area contributed by atoms with Crippen LogP contribution in [0.5, 0.6) is 0 Å². The highest BCUT2D eigenvalue weighted by atomic mass is 35.5. The molecule has 0 radical (unpaired) electrons. The normalized spacial score (nSPS) is 11.5. The van der Waals surface area contributed by atoms with E-state index in [2.05, 4.69) is 20.5 Å². The van der Waals surface area contributed by atoms with E-state index in [1.807, 2.05) is 28.8 Å². The van der Waals surface area contributed by atoms with E-state index < -0.39 is 10.5 Å². The summed E-state index contributed by atoms with van der Waals surface area (Å²) < 4.78 is 7.27. The van der Waals surface area contributed by atoms with E-state index in [9.17, 15) is 14.9 Å². The SMILES string of the molecule is O=c1oc2ccc(Cl)cc2cc1-c1csc(N/N=C/c2c(-c3ccc([N+](=O)[O-])cc3)nc3ccccn23)n1. The van der Waals surface area contributed by atoms with Crippen molar-refractivity contribution in [3.8, 4) is 22.5 Å². The van der Waals surface area contributed by atoms with Crippen LogP contribution in [0, 0.1) is 10.1 Å². The Morgan fingerprint density at radius 3 is 2.76 bits per heavy atom. The molecule has 0 saturated carbocycles. The summed E-state index contributed by atoms with van der Waals surface area (Å²) in [5.74, 6) is 0. The first kappa shape index (κ1) is 23.5. The Labute approximate surface area is 222 Å². The van der Waals surface area contributed by atoms with Crippen molar-refractivity contribution in [3.05, 3.63) is 110 Å². The first-order valence-corrected chi connectivity index (χ1v) is 12.4. The number of fused-ring (bicyclic) bond motifs is 2. The van der Waals surface area contributed by atoms with E-state index in [4.69, 9.17) is 16.0 Å². The van der Waals surface area contributed by atoms with Crippen LogP contribution in [0.4, 0.5) is 10.8 Å². The zero-order valence-electron chi connectivity index (χ0n) is 19.2. The lowest BCUT2D eigenvalue weighted by Gasteiger charge is -2.01. The van der Waals surface area contributed by atoms with Crippen molar-refractivity contribution in [2.75, 3.05) is 5.43 Å². The molecule has 0 aliphatic heterocycles. The number of rotatable bonds is 6. The predicted octanol–water partition coefficient (Wildman–Crippen LogP) is 6.24. The molecule has 10 nitrogen and oxygen atoms in total. The van der Waals surface area contributed by atoms with Crippen molar-refractivity contribution in [1.82, 2.24) is 14.4 Å². The highest BCUT2D eigenvalue weighted by molar-refractivity contribution is 7.14. The number of imidazole rings is 1. The molecule has 38 heavy (non-hydrogen) atoms. The van der Waals surface area contributed by atoms with Crippen molar-refractivity contribution < 1.29 is 9.34 Å². The van der Waals surface area contributed by atoms with Crippen LogP contribution in [0.25, 0.3) is 39.1 Å². The predicted molar refractivity (Wildman–Crippen MR) is 147 cm³/mol. The van der Waals surface area contributed by atoms with Crippen LogP contribution in [-0.4, -0.2) is 25.5 Å². The van der Waals surface area contributed by atoms with Crippen molar-refractivity contribution in [3.63, 3.8) is 0 Å². The molecule has 0 atom stereocenters. The molecule has 0 unspecified atom stereocenters. The van der Waals surface area contributed by atoms with Gasteiger partial charge in [-0.05, 0) is 48.5 Å². The van der Waals surface area contributed by atoms with Crippen molar-refractivity contribution in [1.29, 1.82) is 0 Å². The zero-order chi connectivity index (χ0) is 26.2. The van der Waals surface area contributed by atoms with E-state index >= 15 is 0 Å². The standard InChI is InChI=1S/C26H15ClN6O4S/c27-17-6-9-22-16(11-17)12-19(25(34)37-22)20-14-38-26(29-20)31-28-13-21-24(30-23-3-1-2-10-32(21)23)15-4-7-18(8-5-15)33(35)36/h1-14H,(H,29,31)/b28-13+. The van der Waals surface area contributed by atoms with Gasteiger partial charge in [-0.1, -0.05) is 17.7 Å². The second-order valence-corrected chi connectivity index (χ2v) is 9.41. The number of aromatic nitrogens is 3. The second kappa shape index (κ2) is 9.54. The molecular weight excluding hydrogens is 528 g/mol. The summed E-state index contributed by atoms with van der Waals surface area (Å²) >= 11 is 7.35. The van der Waals surface area contributed by atoms with Gasteiger partial charge in [-0.25, -0.2) is 14.8 Å². The van der Waals surface area contributed by atoms with Crippen LogP contribution >= 0.6 is 22.9 Å². The molecule has 12 heteroatoms. The summed E-state index contributed by atoms with van der Waals surface area (Å²) in [4.78, 5) is 32.3. The van der Waals surface area contributed by atoms with Crippen molar-refractivity contribution >= 4 is 56.6 Å². The molecule has 2 aromatic carbocycles. The summed E-state index contributed by atoms with van der Waals surface area (Å²) in [5.41, 5.74) is 6.29. The van der Waals surface area contributed by atoms with Gasteiger partial charge < -0.3 is 4.42 Å². The van der Waals surface area contributed by atoms with Crippen LogP contribution in [0.15, 0.2) is 92.6 Å². The Balaban J connectivity index is 1.30. The van der Waals surface area contributed by atoms with E-state index in [1.54, 1.807) is 48.0 Å². The Kier molecular flexibility index (Phi) is 5.91. The molecule has 0 aliphatic rings. The molecule has 186 valence electrons. The Bertz CT molecular complexity index is 1930. The lowest BCUT2D eigenvalue weighted by Crippen LogP contribution is -2.03. The molecule has 6 rings (SSSR count). The zero-order valence-corrected chi connectivity index (χ0v) is 20.8. The maximum absolute atomic E-state index is 12.5. The lowest BCUT2D eigenvalue weighted by atomic mass is 10.1. The largest absolute Gasteiger partial charge is 0.422 e. The number of halogens is 1. The number of nitrogens with one attached hydrogen (secondary N) is 1. The molecule has 6 aromatic rings. The average Bonchev–Trinajstić information content (AvgIpc) is 3.54.